The quantitative estimate of drug-likeness (QED) is 0.412. The molecule has 4 rings (SSSR count). The van der Waals surface area contributed by atoms with Crippen LogP contribution >= 0.6 is 0 Å². The number of anilines is 1. The molecule has 10 heteroatoms. The van der Waals surface area contributed by atoms with E-state index in [0.29, 0.717) is 53.9 Å². The van der Waals surface area contributed by atoms with Gasteiger partial charge in [-0.05, 0) is 73.7 Å². The number of aryl methyl sites for hydroxylation is 1. The van der Waals surface area contributed by atoms with Crippen LogP contribution < -0.4 is 35.6 Å². The summed E-state index contributed by atoms with van der Waals surface area (Å²) in [7, 11) is 4.68. The van der Waals surface area contributed by atoms with Gasteiger partial charge < -0.3 is 30.2 Å². The first-order chi connectivity index (χ1) is 19.3. The van der Waals surface area contributed by atoms with E-state index in [1.807, 2.05) is 12.1 Å². The SMILES string of the molecule is CCN1CCC[C@@H]1CNC(=O)CNc1ccc2c(cc1=O)[C@@H](NC(C)=O)CCc1cc(OC)c(OC)c(OC)c1-2. The molecule has 0 bridgehead atoms. The van der Waals surface area contributed by atoms with E-state index in [0.717, 1.165) is 42.6 Å². The number of likely N-dealkylation sites (N-methyl/N-ethyl adjacent to an activating group) is 1. The van der Waals surface area contributed by atoms with Crippen LogP contribution in [0.5, 0.6) is 17.2 Å². The minimum atomic E-state index is -0.397. The highest BCUT2D eigenvalue weighted by atomic mass is 16.5. The van der Waals surface area contributed by atoms with Gasteiger partial charge in [-0.1, -0.05) is 13.0 Å². The lowest BCUT2D eigenvalue weighted by atomic mass is 9.95. The van der Waals surface area contributed by atoms with Crippen LogP contribution in [0.25, 0.3) is 11.1 Å². The molecule has 0 radical (unpaired) electrons. The van der Waals surface area contributed by atoms with Crippen molar-refractivity contribution in [2.24, 2.45) is 0 Å². The lowest BCUT2D eigenvalue weighted by molar-refractivity contribution is -0.120. The second kappa shape index (κ2) is 13.0. The van der Waals surface area contributed by atoms with Crippen LogP contribution in [0.3, 0.4) is 0 Å². The minimum Gasteiger partial charge on any atom is -0.493 e. The van der Waals surface area contributed by atoms with Gasteiger partial charge in [-0.2, -0.15) is 0 Å². The van der Waals surface area contributed by atoms with Crippen molar-refractivity contribution in [3.8, 4) is 28.4 Å². The molecule has 1 aliphatic heterocycles. The number of ether oxygens (including phenoxy) is 3. The molecular weight excluding hydrogens is 512 g/mol. The Kier molecular flexibility index (Phi) is 9.52. The van der Waals surface area contributed by atoms with Crippen LogP contribution in [0.15, 0.2) is 29.1 Å². The zero-order valence-electron chi connectivity index (χ0n) is 24.0. The molecule has 10 nitrogen and oxygen atoms in total. The van der Waals surface area contributed by atoms with E-state index in [1.165, 1.54) is 6.92 Å². The maximum Gasteiger partial charge on any atom is 0.239 e. The van der Waals surface area contributed by atoms with Gasteiger partial charge in [-0.25, -0.2) is 0 Å². The largest absolute Gasteiger partial charge is 0.493 e. The van der Waals surface area contributed by atoms with Gasteiger partial charge in [0, 0.05) is 25.1 Å². The van der Waals surface area contributed by atoms with E-state index in [-0.39, 0.29) is 23.8 Å². The highest BCUT2D eigenvalue weighted by molar-refractivity contribution is 5.84. The molecular formula is C30H40N4O6. The number of fused-ring (bicyclic) bond motifs is 3. The average Bonchev–Trinajstić information content (AvgIpc) is 3.28. The second-order valence-corrected chi connectivity index (χ2v) is 10.2. The van der Waals surface area contributed by atoms with Crippen molar-refractivity contribution >= 4 is 17.5 Å². The third-order valence-corrected chi connectivity index (χ3v) is 7.80. The standard InChI is InChI=1S/C30H40N4O6/c1-6-34-13-7-8-20(34)16-32-27(37)17-31-24-12-10-21-22(15-25(24)36)23(33-18(2)35)11-9-19-14-26(38-3)29(39-4)30(40-5)28(19)21/h10,12,14-15,20,23H,6-9,11,13,16-17H2,1-5H3,(H,31,36)(H,32,37)(H,33,35)/t20-,23+/m1/s1. The number of methoxy groups -OCH3 is 3. The summed E-state index contributed by atoms with van der Waals surface area (Å²) in [6.45, 7) is 6.19. The average molecular weight is 553 g/mol. The smallest absolute Gasteiger partial charge is 0.239 e. The number of nitrogens with zero attached hydrogens (tertiary/aromatic N) is 1. The first kappa shape index (κ1) is 29.2. The van der Waals surface area contributed by atoms with Crippen LogP contribution in [0.1, 0.15) is 50.3 Å². The van der Waals surface area contributed by atoms with Crippen molar-refractivity contribution in [3.63, 3.8) is 0 Å². The molecule has 2 aliphatic rings. The maximum absolute atomic E-state index is 13.4. The molecule has 1 fully saturated rings. The van der Waals surface area contributed by atoms with Gasteiger partial charge in [0.05, 0.1) is 39.6 Å². The van der Waals surface area contributed by atoms with E-state index < -0.39 is 6.04 Å². The van der Waals surface area contributed by atoms with Crippen LogP contribution in [-0.4, -0.2) is 70.3 Å². The van der Waals surface area contributed by atoms with Crippen molar-refractivity contribution in [2.75, 3.05) is 52.8 Å². The predicted molar refractivity (Wildman–Crippen MR) is 154 cm³/mol. The molecule has 2 amide bonds. The van der Waals surface area contributed by atoms with E-state index >= 15 is 0 Å². The molecule has 1 aliphatic carbocycles. The molecule has 0 spiro atoms. The normalized spacial score (nSPS) is 18.1. The molecule has 0 unspecified atom stereocenters. The molecule has 1 saturated heterocycles. The Balaban J connectivity index is 1.68. The third-order valence-electron chi connectivity index (χ3n) is 7.80. The molecule has 216 valence electrons. The number of carbonyl (C=O) groups excluding carboxylic acids is 2. The summed E-state index contributed by atoms with van der Waals surface area (Å²) in [6.07, 6.45) is 3.40. The summed E-state index contributed by atoms with van der Waals surface area (Å²) < 4.78 is 17.0. The fraction of sp³-hybridized carbons (Fsp3) is 0.500. The Morgan fingerprint density at radius 3 is 2.50 bits per heavy atom. The number of carbonyl (C=O) groups is 2. The highest BCUT2D eigenvalue weighted by Gasteiger charge is 2.29. The Morgan fingerprint density at radius 2 is 1.82 bits per heavy atom. The van der Waals surface area contributed by atoms with E-state index in [4.69, 9.17) is 14.2 Å². The summed E-state index contributed by atoms with van der Waals surface area (Å²) in [4.78, 5) is 40.5. The van der Waals surface area contributed by atoms with E-state index in [1.54, 1.807) is 33.5 Å². The van der Waals surface area contributed by atoms with Crippen LogP contribution in [-0.2, 0) is 16.0 Å². The Hall–Kier alpha value is -3.79. The molecule has 3 N–H and O–H groups in total. The van der Waals surface area contributed by atoms with Gasteiger partial charge in [0.15, 0.2) is 11.5 Å². The number of rotatable bonds is 10. The summed E-state index contributed by atoms with van der Waals surface area (Å²) in [5.41, 5.74) is 3.15. The molecule has 0 saturated carbocycles. The minimum absolute atomic E-state index is 0.0250. The molecule has 0 aromatic heterocycles. The fourth-order valence-corrected chi connectivity index (χ4v) is 5.87. The first-order valence-corrected chi connectivity index (χ1v) is 13.8. The van der Waals surface area contributed by atoms with Crippen molar-refractivity contribution in [3.05, 3.63) is 45.6 Å². The maximum atomic E-state index is 13.4. The Bertz CT molecular complexity index is 1310. The summed E-state index contributed by atoms with van der Waals surface area (Å²) in [6, 6.07) is 6.92. The number of hydrogen-bond donors (Lipinski definition) is 3. The highest BCUT2D eigenvalue weighted by Crippen LogP contribution is 2.50. The van der Waals surface area contributed by atoms with Gasteiger partial charge >= 0.3 is 0 Å². The molecule has 40 heavy (non-hydrogen) atoms. The van der Waals surface area contributed by atoms with Gasteiger partial charge in [-0.15, -0.1) is 0 Å². The van der Waals surface area contributed by atoms with Gasteiger partial charge in [0.1, 0.15) is 0 Å². The van der Waals surface area contributed by atoms with Crippen LogP contribution in [0, 0.1) is 0 Å². The van der Waals surface area contributed by atoms with Crippen molar-refractivity contribution < 1.29 is 23.8 Å². The number of hydrogen-bond acceptors (Lipinski definition) is 8. The van der Waals surface area contributed by atoms with Crippen molar-refractivity contribution in [1.82, 2.24) is 15.5 Å². The number of benzene rings is 1. The van der Waals surface area contributed by atoms with E-state index in [2.05, 4.69) is 27.8 Å². The lowest BCUT2D eigenvalue weighted by Crippen LogP contribution is -2.41. The summed E-state index contributed by atoms with van der Waals surface area (Å²) >= 11 is 0. The Labute approximate surface area is 235 Å². The second-order valence-electron chi connectivity index (χ2n) is 10.2. The lowest BCUT2D eigenvalue weighted by Gasteiger charge is -2.22. The molecule has 1 heterocycles. The number of amides is 2. The predicted octanol–water partition coefficient (Wildman–Crippen LogP) is 2.88. The molecule has 2 aromatic carbocycles. The number of likely N-dealkylation sites (tertiary alicyclic amines) is 1. The monoisotopic (exact) mass is 552 g/mol. The summed E-state index contributed by atoms with van der Waals surface area (Å²) in [5.74, 6) is 1.11. The van der Waals surface area contributed by atoms with E-state index in [9.17, 15) is 14.4 Å². The molecule has 2 atom stereocenters. The van der Waals surface area contributed by atoms with Gasteiger partial charge in [-0.3, -0.25) is 19.3 Å². The van der Waals surface area contributed by atoms with Gasteiger partial charge in [0.2, 0.25) is 23.0 Å². The molecule has 2 aromatic rings. The zero-order valence-corrected chi connectivity index (χ0v) is 24.0. The fourth-order valence-electron chi connectivity index (χ4n) is 5.87. The van der Waals surface area contributed by atoms with Crippen LogP contribution in [0.2, 0.25) is 0 Å². The van der Waals surface area contributed by atoms with Crippen LogP contribution in [0.4, 0.5) is 5.69 Å². The zero-order chi connectivity index (χ0) is 28.8. The summed E-state index contributed by atoms with van der Waals surface area (Å²) in [5, 5.41) is 9.01. The Morgan fingerprint density at radius 1 is 1.05 bits per heavy atom. The van der Waals surface area contributed by atoms with Crippen molar-refractivity contribution in [2.45, 2.75) is 51.6 Å². The first-order valence-electron chi connectivity index (χ1n) is 13.8. The topological polar surface area (TPSA) is 118 Å². The van der Waals surface area contributed by atoms with Crippen molar-refractivity contribution in [1.29, 1.82) is 0 Å². The number of nitrogens with one attached hydrogen (secondary N) is 3. The van der Waals surface area contributed by atoms with Gasteiger partial charge in [0.25, 0.3) is 0 Å². The third kappa shape index (κ3) is 6.17.